The van der Waals surface area contributed by atoms with Crippen LogP contribution in [0, 0.1) is 10.5 Å². The van der Waals surface area contributed by atoms with Gasteiger partial charge in [0.15, 0.2) is 28.6 Å². The highest BCUT2D eigenvalue weighted by atomic mass is 127. The normalized spacial score (nSPS) is 17.5. The van der Waals surface area contributed by atoms with E-state index in [0.29, 0.717) is 32.1 Å². The lowest BCUT2D eigenvalue weighted by atomic mass is 9.87. The van der Waals surface area contributed by atoms with Crippen molar-refractivity contribution in [3.63, 3.8) is 0 Å². The predicted octanol–water partition coefficient (Wildman–Crippen LogP) is 4.43. The fraction of sp³-hybridized carbons (Fsp3) is 0.286. The van der Waals surface area contributed by atoms with Crippen LogP contribution in [0.2, 0.25) is 0 Å². The minimum absolute atomic E-state index is 0.0145. The van der Waals surface area contributed by atoms with E-state index >= 15 is 0 Å². The largest absolute Gasteiger partial charge is 0.493 e. The van der Waals surface area contributed by atoms with Crippen LogP contribution < -0.4 is 19.5 Å². The minimum Gasteiger partial charge on any atom is -0.493 e. The van der Waals surface area contributed by atoms with Gasteiger partial charge in [0.05, 0.1) is 30.4 Å². The number of fused-ring (bicyclic) bond motifs is 1. The SMILES string of the molecule is COc1cc(C=O)cc(I)c1OC1C=C(C(=O)NCCO)CC(N(Cc2ccc(C)cc2)C(=O)c2cc3cccc(OC)c3o2)C1O. The van der Waals surface area contributed by atoms with E-state index in [2.05, 4.69) is 5.32 Å². The number of hydrogen-bond acceptors (Lipinski definition) is 9. The summed E-state index contributed by atoms with van der Waals surface area (Å²) in [6.07, 6.45) is -0.248. The van der Waals surface area contributed by atoms with E-state index in [1.54, 1.807) is 30.3 Å². The Hall–Kier alpha value is -4.40. The van der Waals surface area contributed by atoms with E-state index in [0.717, 1.165) is 11.1 Å². The lowest BCUT2D eigenvalue weighted by Gasteiger charge is -2.40. The Morgan fingerprint density at radius 1 is 1.09 bits per heavy atom. The third-order valence-corrected chi connectivity index (χ3v) is 8.73. The molecule has 1 aliphatic rings. The molecule has 0 fully saturated rings. The lowest BCUT2D eigenvalue weighted by Crippen LogP contribution is -2.54. The fourth-order valence-electron chi connectivity index (χ4n) is 5.51. The van der Waals surface area contributed by atoms with Crippen LogP contribution in [0.5, 0.6) is 17.2 Å². The molecule has 2 amide bonds. The molecule has 5 rings (SSSR count). The zero-order valence-corrected chi connectivity index (χ0v) is 28.2. The van der Waals surface area contributed by atoms with Crippen LogP contribution in [0.25, 0.3) is 11.0 Å². The van der Waals surface area contributed by atoms with Gasteiger partial charge in [-0.25, -0.2) is 0 Å². The van der Waals surface area contributed by atoms with Crippen LogP contribution in [0.1, 0.15) is 38.5 Å². The van der Waals surface area contributed by atoms with Gasteiger partial charge in [-0.15, -0.1) is 0 Å². The summed E-state index contributed by atoms with van der Waals surface area (Å²) >= 11 is 2.00. The van der Waals surface area contributed by atoms with Gasteiger partial charge < -0.3 is 39.1 Å². The van der Waals surface area contributed by atoms with Gasteiger partial charge in [0, 0.05) is 36.0 Å². The standard InChI is InChI=1S/C35H35IN2O9/c1-20-7-9-21(10-8-20)18-38(35(43)30-16-23-5-4-6-27(44-2)32(23)47-30)26-15-24(34(42)37-11-12-39)17-28(31(26)41)46-33-25(36)13-22(19-40)14-29(33)45-3/h4-10,13-14,16-17,19,26,28,31,39,41H,11-12,15,18H2,1-3H3,(H,37,42). The molecule has 1 aromatic heterocycles. The van der Waals surface area contributed by atoms with Gasteiger partial charge in [-0.1, -0.05) is 42.0 Å². The average Bonchev–Trinajstić information content (AvgIpc) is 3.53. The number of carbonyl (C=O) groups excluding carboxylic acids is 3. The Kier molecular flexibility index (Phi) is 10.8. The molecule has 3 atom stereocenters. The van der Waals surface area contributed by atoms with Crippen LogP contribution in [0.3, 0.4) is 0 Å². The topological polar surface area (TPSA) is 148 Å². The number of aldehydes is 1. The maximum atomic E-state index is 14.4. The summed E-state index contributed by atoms with van der Waals surface area (Å²) < 4.78 is 23.8. The molecule has 4 aromatic rings. The number of amides is 2. The summed E-state index contributed by atoms with van der Waals surface area (Å²) in [6, 6.07) is 16.8. The number of nitrogens with zero attached hydrogens (tertiary/aromatic N) is 1. The minimum atomic E-state index is -1.32. The molecular weight excluding hydrogens is 719 g/mol. The van der Waals surface area contributed by atoms with Crippen molar-refractivity contribution in [1.82, 2.24) is 10.2 Å². The molecule has 1 heterocycles. The number of furan rings is 1. The van der Waals surface area contributed by atoms with Crippen molar-refractivity contribution in [1.29, 1.82) is 0 Å². The van der Waals surface area contributed by atoms with Gasteiger partial charge in [-0.3, -0.25) is 14.4 Å². The summed E-state index contributed by atoms with van der Waals surface area (Å²) in [5, 5.41) is 24.6. The number of rotatable bonds is 12. The number of aryl methyl sites for hydroxylation is 1. The number of ether oxygens (including phenoxy) is 3. The number of halogens is 1. The first-order valence-corrected chi connectivity index (χ1v) is 16.0. The molecule has 12 heteroatoms. The van der Waals surface area contributed by atoms with Crippen LogP contribution in [-0.2, 0) is 11.3 Å². The third kappa shape index (κ3) is 7.45. The number of hydrogen-bond donors (Lipinski definition) is 3. The van der Waals surface area contributed by atoms with Crippen molar-refractivity contribution >= 4 is 51.7 Å². The molecule has 3 N–H and O–H groups in total. The van der Waals surface area contributed by atoms with Crippen molar-refractivity contribution in [2.75, 3.05) is 27.4 Å². The number of aliphatic hydroxyl groups is 2. The molecule has 0 bridgehead atoms. The first-order valence-electron chi connectivity index (χ1n) is 14.9. The van der Waals surface area contributed by atoms with E-state index in [9.17, 15) is 24.6 Å². The highest BCUT2D eigenvalue weighted by Crippen LogP contribution is 2.38. The molecule has 246 valence electrons. The molecule has 0 spiro atoms. The quantitative estimate of drug-likeness (QED) is 0.141. The lowest BCUT2D eigenvalue weighted by molar-refractivity contribution is -0.118. The van der Waals surface area contributed by atoms with Gasteiger partial charge in [0.25, 0.3) is 5.91 Å². The molecule has 3 aromatic carbocycles. The summed E-state index contributed by atoms with van der Waals surface area (Å²) in [4.78, 5) is 40.7. The highest BCUT2D eigenvalue weighted by molar-refractivity contribution is 14.1. The fourth-order valence-corrected chi connectivity index (χ4v) is 6.26. The molecular formula is C35H35IN2O9. The second-order valence-corrected chi connectivity index (χ2v) is 12.2. The second-order valence-electron chi connectivity index (χ2n) is 11.1. The van der Waals surface area contributed by atoms with Gasteiger partial charge in [-0.2, -0.15) is 0 Å². The van der Waals surface area contributed by atoms with Crippen molar-refractivity contribution in [2.45, 2.75) is 38.1 Å². The molecule has 1 aliphatic carbocycles. The molecule has 0 saturated carbocycles. The van der Waals surface area contributed by atoms with E-state index in [4.69, 9.17) is 18.6 Å². The Balaban J connectivity index is 1.59. The second kappa shape index (κ2) is 15.0. The number of benzene rings is 3. The van der Waals surface area contributed by atoms with Crippen LogP contribution in [0.4, 0.5) is 0 Å². The zero-order valence-electron chi connectivity index (χ0n) is 26.1. The number of methoxy groups -OCH3 is 2. The van der Waals surface area contributed by atoms with E-state index < -0.39 is 30.1 Å². The smallest absolute Gasteiger partial charge is 0.290 e. The number of para-hydroxylation sites is 1. The summed E-state index contributed by atoms with van der Waals surface area (Å²) in [5.74, 6) is 0.0349. The summed E-state index contributed by atoms with van der Waals surface area (Å²) in [6.45, 7) is 1.79. The maximum Gasteiger partial charge on any atom is 0.290 e. The van der Waals surface area contributed by atoms with Gasteiger partial charge in [0.2, 0.25) is 5.91 Å². The van der Waals surface area contributed by atoms with E-state index in [1.165, 1.54) is 31.3 Å². The molecule has 3 unspecified atom stereocenters. The Labute approximate surface area is 285 Å². The number of carbonyl (C=O) groups is 3. The van der Waals surface area contributed by atoms with Gasteiger partial charge in [-0.05, 0) is 65.4 Å². The Morgan fingerprint density at radius 2 is 1.83 bits per heavy atom. The first kappa shape index (κ1) is 33.9. The molecule has 0 saturated heterocycles. The molecule has 11 nitrogen and oxygen atoms in total. The van der Waals surface area contributed by atoms with Crippen molar-refractivity contribution in [3.05, 3.63) is 98.3 Å². The van der Waals surface area contributed by atoms with Crippen molar-refractivity contribution < 1.29 is 43.2 Å². The van der Waals surface area contributed by atoms with Crippen molar-refractivity contribution in [3.8, 4) is 17.2 Å². The highest BCUT2D eigenvalue weighted by Gasteiger charge is 2.42. The van der Waals surface area contributed by atoms with Crippen LogP contribution >= 0.6 is 22.6 Å². The Bertz CT molecular complexity index is 1800. The van der Waals surface area contributed by atoms with Crippen LogP contribution in [0.15, 0.2) is 76.7 Å². The zero-order chi connectivity index (χ0) is 33.7. The predicted molar refractivity (Wildman–Crippen MR) is 182 cm³/mol. The average molecular weight is 755 g/mol. The monoisotopic (exact) mass is 754 g/mol. The third-order valence-electron chi connectivity index (χ3n) is 7.93. The number of nitrogens with one attached hydrogen (secondary N) is 1. The van der Waals surface area contributed by atoms with Crippen LogP contribution in [-0.4, -0.2) is 78.8 Å². The molecule has 0 radical (unpaired) electrons. The van der Waals surface area contributed by atoms with Gasteiger partial charge >= 0.3 is 0 Å². The summed E-state index contributed by atoms with van der Waals surface area (Å²) in [5.41, 5.74) is 2.87. The Morgan fingerprint density at radius 3 is 2.51 bits per heavy atom. The van der Waals surface area contributed by atoms with Crippen molar-refractivity contribution in [2.24, 2.45) is 0 Å². The number of aliphatic hydroxyl groups excluding tert-OH is 2. The van der Waals surface area contributed by atoms with E-state index in [-0.39, 0.29) is 48.9 Å². The molecule has 0 aliphatic heterocycles. The first-order chi connectivity index (χ1) is 22.7. The van der Waals surface area contributed by atoms with Gasteiger partial charge in [0.1, 0.15) is 18.5 Å². The van der Waals surface area contributed by atoms with E-state index in [1.807, 2.05) is 53.8 Å². The molecule has 47 heavy (non-hydrogen) atoms. The summed E-state index contributed by atoms with van der Waals surface area (Å²) in [7, 11) is 2.94. The maximum absolute atomic E-state index is 14.4.